The molecule has 0 aliphatic rings. The Morgan fingerprint density at radius 3 is 1.83 bits per heavy atom. The number of methoxy groups -OCH3 is 1. The number of carboxylic acids is 1. The Balaban J connectivity index is 0. The molecule has 0 radical (unpaired) electrons. The van der Waals surface area contributed by atoms with E-state index in [0.717, 1.165) is 0 Å². The van der Waals surface area contributed by atoms with E-state index in [1.165, 1.54) is 13.8 Å². The minimum atomic E-state index is -1.58. The van der Waals surface area contributed by atoms with Gasteiger partial charge in [0.05, 0.1) is 13.2 Å². The number of carboxylic acid groups (broad SMARTS) is 1. The van der Waals surface area contributed by atoms with E-state index in [4.69, 9.17) is 15.3 Å². The Hall–Kier alpha value is -0.650. The van der Waals surface area contributed by atoms with Gasteiger partial charge < -0.3 is 20.1 Å². The zero-order valence-electron chi connectivity index (χ0n) is 7.57. The van der Waals surface area contributed by atoms with Crippen LogP contribution in [0.1, 0.15) is 13.8 Å². The molecular weight excluding hydrogens is 164 g/mol. The van der Waals surface area contributed by atoms with Crippen LogP contribution in [0.5, 0.6) is 0 Å². The maximum absolute atomic E-state index is 9.77. The van der Waals surface area contributed by atoms with E-state index in [-0.39, 0.29) is 6.61 Å². The predicted molar refractivity (Wildman–Crippen MR) is 42.9 cm³/mol. The summed E-state index contributed by atoms with van der Waals surface area (Å²) in [5, 5.41) is 24.4. The quantitative estimate of drug-likeness (QED) is 0.543. The molecule has 0 aliphatic carbocycles. The average molecular weight is 180 g/mol. The highest BCUT2D eigenvalue weighted by atomic mass is 16.5. The van der Waals surface area contributed by atoms with Crippen LogP contribution in [0, 0.1) is 0 Å². The molecule has 5 nitrogen and oxygen atoms in total. The van der Waals surface area contributed by atoms with Crippen LogP contribution in [0.25, 0.3) is 0 Å². The average Bonchev–Trinajstić information content (AvgIpc) is 1.88. The maximum Gasteiger partial charge on any atom is 0.335 e. The van der Waals surface area contributed by atoms with E-state index < -0.39 is 11.6 Å². The molecule has 0 heterocycles. The third-order valence-electron chi connectivity index (χ3n) is 0.819. The number of carbonyl (C=O) groups is 1. The van der Waals surface area contributed by atoms with Crippen LogP contribution in [-0.2, 0) is 9.53 Å². The van der Waals surface area contributed by atoms with Crippen molar-refractivity contribution in [3.05, 3.63) is 0 Å². The number of rotatable bonds is 3. The summed E-state index contributed by atoms with van der Waals surface area (Å²) < 4.78 is 4.44. The van der Waals surface area contributed by atoms with Gasteiger partial charge in [0.1, 0.15) is 0 Å². The molecule has 0 saturated heterocycles. The van der Waals surface area contributed by atoms with E-state index >= 15 is 0 Å². The van der Waals surface area contributed by atoms with Gasteiger partial charge in [-0.1, -0.05) is 0 Å². The first-order valence-corrected chi connectivity index (χ1v) is 3.41. The largest absolute Gasteiger partial charge is 0.479 e. The fraction of sp³-hybridized carbons (Fsp3) is 0.857. The van der Waals surface area contributed by atoms with Crippen LogP contribution >= 0.6 is 0 Å². The lowest BCUT2D eigenvalue weighted by molar-refractivity contribution is -0.154. The molecule has 0 aromatic carbocycles. The van der Waals surface area contributed by atoms with Gasteiger partial charge in [0.25, 0.3) is 0 Å². The summed E-state index contributed by atoms with van der Waals surface area (Å²) in [7, 11) is 1.55. The zero-order chi connectivity index (χ0) is 10.2. The van der Waals surface area contributed by atoms with E-state index in [1.54, 1.807) is 7.11 Å². The number of aliphatic hydroxyl groups excluding tert-OH is 1. The maximum atomic E-state index is 9.77. The molecule has 0 aromatic rings. The second-order valence-corrected chi connectivity index (χ2v) is 2.58. The molecule has 3 N–H and O–H groups in total. The van der Waals surface area contributed by atoms with Crippen LogP contribution in [-0.4, -0.2) is 47.2 Å². The van der Waals surface area contributed by atoms with Gasteiger partial charge in [-0.3, -0.25) is 0 Å². The second kappa shape index (κ2) is 7.02. The SMILES string of the molecule is CC(C)(O)C(=O)O.COCCO. The minimum absolute atomic E-state index is 0.122. The molecule has 0 fully saturated rings. The lowest BCUT2D eigenvalue weighted by Crippen LogP contribution is -2.30. The van der Waals surface area contributed by atoms with Gasteiger partial charge in [0, 0.05) is 7.11 Å². The summed E-state index contributed by atoms with van der Waals surface area (Å²) in [4.78, 5) is 9.77. The fourth-order valence-corrected chi connectivity index (χ4v) is 0.0913. The predicted octanol–water partition coefficient (Wildman–Crippen LogP) is -0.533. The van der Waals surface area contributed by atoms with Crippen LogP contribution < -0.4 is 0 Å². The summed E-state index contributed by atoms with van der Waals surface area (Å²) in [5.41, 5.74) is -1.58. The molecule has 12 heavy (non-hydrogen) atoms. The summed E-state index contributed by atoms with van der Waals surface area (Å²) in [5.74, 6) is -1.20. The van der Waals surface area contributed by atoms with Crippen molar-refractivity contribution < 1.29 is 24.9 Å². The third-order valence-corrected chi connectivity index (χ3v) is 0.819. The van der Waals surface area contributed by atoms with Gasteiger partial charge in [0.2, 0.25) is 0 Å². The summed E-state index contributed by atoms with van der Waals surface area (Å²) in [6, 6.07) is 0. The molecule has 0 bridgehead atoms. The van der Waals surface area contributed by atoms with Crippen molar-refractivity contribution in [1.29, 1.82) is 0 Å². The van der Waals surface area contributed by atoms with Crippen molar-refractivity contribution in [1.82, 2.24) is 0 Å². The van der Waals surface area contributed by atoms with E-state index in [0.29, 0.717) is 6.61 Å². The van der Waals surface area contributed by atoms with Gasteiger partial charge in [0.15, 0.2) is 5.60 Å². The number of ether oxygens (including phenoxy) is 1. The third kappa shape index (κ3) is 12.1. The first-order valence-electron chi connectivity index (χ1n) is 3.41. The van der Waals surface area contributed by atoms with Crippen LogP contribution in [0.4, 0.5) is 0 Å². The number of hydrogen-bond acceptors (Lipinski definition) is 4. The monoisotopic (exact) mass is 180 g/mol. The highest BCUT2D eigenvalue weighted by Gasteiger charge is 2.21. The van der Waals surface area contributed by atoms with Crippen LogP contribution in [0.15, 0.2) is 0 Å². The Kier molecular flexibility index (Phi) is 8.14. The van der Waals surface area contributed by atoms with Gasteiger partial charge in [-0.05, 0) is 13.8 Å². The van der Waals surface area contributed by atoms with Gasteiger partial charge in [-0.15, -0.1) is 0 Å². The van der Waals surface area contributed by atoms with Gasteiger partial charge in [-0.25, -0.2) is 4.79 Å². The number of aliphatic carboxylic acids is 1. The van der Waals surface area contributed by atoms with Gasteiger partial charge in [-0.2, -0.15) is 0 Å². The van der Waals surface area contributed by atoms with E-state index in [9.17, 15) is 4.79 Å². The first-order chi connectivity index (χ1) is 5.36. The standard InChI is InChI=1S/C4H8O3.C3H8O2/c1-4(2,7)3(5)6;1-5-3-2-4/h7H,1-2H3,(H,5,6);4H,2-3H2,1H3. The van der Waals surface area contributed by atoms with Crippen molar-refractivity contribution in [3.8, 4) is 0 Å². The highest BCUT2D eigenvalue weighted by Crippen LogP contribution is 1.97. The molecular formula is C7H16O5. The van der Waals surface area contributed by atoms with Crippen molar-refractivity contribution in [2.75, 3.05) is 20.3 Å². The van der Waals surface area contributed by atoms with E-state index in [1.807, 2.05) is 0 Å². The van der Waals surface area contributed by atoms with E-state index in [2.05, 4.69) is 4.74 Å². The Bertz CT molecular complexity index is 113. The van der Waals surface area contributed by atoms with Crippen LogP contribution in [0.2, 0.25) is 0 Å². The normalized spacial score (nSPS) is 10.1. The molecule has 0 amide bonds. The number of hydrogen-bond donors (Lipinski definition) is 3. The summed E-state index contributed by atoms with van der Waals surface area (Å²) in [6.07, 6.45) is 0. The van der Waals surface area contributed by atoms with Crippen molar-refractivity contribution >= 4 is 5.97 Å². The first kappa shape index (κ1) is 13.9. The van der Waals surface area contributed by atoms with Crippen molar-refractivity contribution in [2.24, 2.45) is 0 Å². The Morgan fingerprint density at radius 2 is 1.83 bits per heavy atom. The lowest BCUT2D eigenvalue weighted by atomic mass is 10.1. The molecule has 0 aromatic heterocycles. The van der Waals surface area contributed by atoms with Crippen molar-refractivity contribution in [3.63, 3.8) is 0 Å². The Labute approximate surface area is 71.6 Å². The molecule has 0 unspecified atom stereocenters. The minimum Gasteiger partial charge on any atom is -0.479 e. The topological polar surface area (TPSA) is 87.0 Å². The summed E-state index contributed by atoms with van der Waals surface area (Å²) in [6.45, 7) is 3.00. The highest BCUT2D eigenvalue weighted by molar-refractivity contribution is 5.75. The lowest BCUT2D eigenvalue weighted by Gasteiger charge is -2.07. The molecule has 74 valence electrons. The second-order valence-electron chi connectivity index (χ2n) is 2.58. The van der Waals surface area contributed by atoms with Crippen LogP contribution in [0.3, 0.4) is 0 Å². The molecule has 0 aliphatic heterocycles. The zero-order valence-corrected chi connectivity index (χ0v) is 7.57. The molecule has 0 spiro atoms. The Morgan fingerprint density at radius 1 is 1.50 bits per heavy atom. The summed E-state index contributed by atoms with van der Waals surface area (Å²) >= 11 is 0. The molecule has 0 rings (SSSR count). The smallest absolute Gasteiger partial charge is 0.335 e. The fourth-order valence-electron chi connectivity index (χ4n) is 0.0913. The van der Waals surface area contributed by atoms with Gasteiger partial charge >= 0.3 is 5.97 Å². The van der Waals surface area contributed by atoms with Crippen molar-refractivity contribution in [2.45, 2.75) is 19.4 Å². The molecule has 0 saturated carbocycles. The molecule has 5 heteroatoms. The molecule has 0 atom stereocenters. The number of aliphatic hydroxyl groups is 2.